The Morgan fingerprint density at radius 1 is 0.750 bits per heavy atom. The molecule has 0 amide bonds. The van der Waals surface area contributed by atoms with Gasteiger partial charge in [0.1, 0.15) is 21.1 Å². The highest BCUT2D eigenvalue weighted by atomic mass is 17.7. The van der Waals surface area contributed by atoms with Crippen LogP contribution in [0, 0.1) is 0 Å². The van der Waals surface area contributed by atoms with E-state index in [0.717, 1.165) is 0 Å². The van der Waals surface area contributed by atoms with Gasteiger partial charge < -0.3 is 0 Å². The molecule has 70 valence electrons. The molecule has 0 radical (unpaired) electrons. The van der Waals surface area contributed by atoms with Gasteiger partial charge in [-0.15, -0.1) is 9.98 Å². The van der Waals surface area contributed by atoms with Crippen LogP contribution in [0.2, 0.25) is 0 Å². The van der Waals surface area contributed by atoms with Gasteiger partial charge in [0.15, 0.2) is 0 Å². The Bertz CT molecular complexity index is 131. The van der Waals surface area contributed by atoms with Crippen LogP contribution in [0.1, 0.15) is 0 Å². The van der Waals surface area contributed by atoms with Crippen molar-refractivity contribution in [3.63, 3.8) is 0 Å². The van der Waals surface area contributed by atoms with Crippen molar-refractivity contribution in [3.05, 3.63) is 0 Å². The first-order valence-electron chi connectivity index (χ1n) is 2.00. The third-order valence-electron chi connectivity index (χ3n) is 0.297. The molecule has 0 aliphatic heterocycles. The maximum absolute atomic E-state index is 7.50. The van der Waals surface area contributed by atoms with Gasteiger partial charge in [-0.2, -0.15) is 15.2 Å². The van der Waals surface area contributed by atoms with Crippen LogP contribution in [0.5, 0.6) is 0 Å². The zero-order chi connectivity index (χ0) is 9.07. The molecule has 12 nitrogen and oxygen atoms in total. The quantitative estimate of drug-likeness (QED) is 0.250. The molecule has 0 spiro atoms. The molecule has 0 saturated heterocycles. The Kier molecular flexibility index (Phi) is 7.88. The van der Waals surface area contributed by atoms with Gasteiger partial charge >= 0.3 is 0 Å². The van der Waals surface area contributed by atoms with Crippen molar-refractivity contribution < 1.29 is 40.5 Å². The lowest BCUT2D eigenvalue weighted by Gasteiger charge is -1.86. The van der Waals surface area contributed by atoms with E-state index in [1.54, 1.807) is 0 Å². The summed E-state index contributed by atoms with van der Waals surface area (Å²) in [5.74, 6) is 0. The fraction of sp³-hybridized carbons (Fsp3) is 0. The molecule has 0 bridgehead atoms. The van der Waals surface area contributed by atoms with Crippen molar-refractivity contribution in [2.75, 3.05) is 0 Å². The fourth-order valence-electron chi connectivity index (χ4n) is 0.113. The largest absolute Gasteiger partial charge is 0.218 e. The predicted octanol–water partition coefficient (Wildman–Crippen LogP) is 0.341. The number of hydrogen-bond acceptors (Lipinski definition) is 12. The lowest BCUT2D eigenvalue weighted by molar-refractivity contribution is -0.627. The molecule has 0 aromatic rings. The highest BCUT2D eigenvalue weighted by Gasteiger charge is 1.82. The Balaban J connectivity index is 3.07. The van der Waals surface area contributed by atoms with E-state index in [9.17, 15) is 0 Å². The first-order chi connectivity index (χ1) is 5.91. The molecule has 0 rings (SSSR count). The van der Waals surface area contributed by atoms with E-state index in [-0.39, 0.29) is 0 Å². The van der Waals surface area contributed by atoms with Crippen molar-refractivity contribution >= 4 is 0 Å². The lowest BCUT2D eigenvalue weighted by Crippen LogP contribution is -1.85. The molecule has 0 aromatic carbocycles. The van der Waals surface area contributed by atoms with E-state index < -0.39 is 0 Å². The number of nitrogens with zero attached hydrogens (tertiary/aromatic N) is 4. The molecule has 0 aromatic heterocycles. The van der Waals surface area contributed by atoms with E-state index in [0.29, 0.717) is 0 Å². The molecule has 12 heavy (non-hydrogen) atoms. The average Bonchev–Trinajstić information content (AvgIpc) is 2.10. The maximum Gasteiger partial charge on any atom is 0.119 e. The minimum absolute atomic E-state index is 2.40. The summed E-state index contributed by atoms with van der Waals surface area (Å²) in [5.41, 5.74) is 0. The third-order valence-corrected chi connectivity index (χ3v) is 0.297. The normalized spacial score (nSPS) is 10.5. The molecular formula is H2N4O8. The van der Waals surface area contributed by atoms with E-state index >= 15 is 0 Å². The van der Waals surface area contributed by atoms with E-state index in [1.807, 2.05) is 0 Å². The van der Waals surface area contributed by atoms with Crippen LogP contribution in [-0.4, -0.2) is 10.5 Å². The highest BCUT2D eigenvalue weighted by molar-refractivity contribution is 3.69. The van der Waals surface area contributed by atoms with Gasteiger partial charge in [0.25, 0.3) is 0 Å². The first kappa shape index (κ1) is 10.2. The number of hydrogen-bond donors (Lipinski definition) is 2. The standard InChI is InChI=1S/H2N4O8/c5-7-1-2-8-9-3-4-10-12-11-6/h5-6H/b2-1+,4-3+. The zero-order valence-corrected chi connectivity index (χ0v) is 5.13. The summed E-state index contributed by atoms with van der Waals surface area (Å²) in [7, 11) is 0. The fourth-order valence-corrected chi connectivity index (χ4v) is 0.113. The summed E-state index contributed by atoms with van der Waals surface area (Å²) in [4.78, 5) is 13.9. The molecule has 0 fully saturated rings. The van der Waals surface area contributed by atoms with Gasteiger partial charge in [0, 0.05) is 5.04 Å². The van der Waals surface area contributed by atoms with Gasteiger partial charge in [0.2, 0.25) is 0 Å². The number of rotatable bonds is 7. The van der Waals surface area contributed by atoms with Crippen LogP contribution in [0.3, 0.4) is 0 Å². The molecule has 0 saturated carbocycles. The first-order valence-corrected chi connectivity index (χ1v) is 2.00. The summed E-state index contributed by atoms with van der Waals surface area (Å²) in [6.45, 7) is 0. The minimum atomic E-state index is 2.40. The summed E-state index contributed by atoms with van der Waals surface area (Å²) < 4.78 is 0. The van der Waals surface area contributed by atoms with Crippen molar-refractivity contribution in [2.24, 2.45) is 21.1 Å². The van der Waals surface area contributed by atoms with Gasteiger partial charge in [0.05, 0.1) is 0 Å². The van der Waals surface area contributed by atoms with E-state index in [1.165, 1.54) is 0 Å². The smallest absolute Gasteiger partial charge is 0.119 e. The average molecular weight is 186 g/mol. The topological polar surface area (TPSA) is 145 Å². The van der Waals surface area contributed by atoms with Crippen molar-refractivity contribution in [2.45, 2.75) is 0 Å². The van der Waals surface area contributed by atoms with Gasteiger partial charge in [-0.05, 0) is 5.04 Å². The maximum atomic E-state index is 7.50. The molecule has 0 aliphatic rings. The Morgan fingerprint density at radius 2 is 1.33 bits per heavy atom. The predicted molar refractivity (Wildman–Crippen MR) is 21.5 cm³/mol. The second kappa shape index (κ2) is 9.24. The third kappa shape index (κ3) is 8.24. The van der Waals surface area contributed by atoms with Crippen molar-refractivity contribution in [3.8, 4) is 0 Å². The highest BCUT2D eigenvalue weighted by Crippen LogP contribution is 1.86. The lowest BCUT2D eigenvalue weighted by atomic mass is 12.9. The van der Waals surface area contributed by atoms with Gasteiger partial charge in [-0.1, -0.05) is 0 Å². The SMILES string of the molecule is OO/N=N/OO/N=N/OOOO. The summed E-state index contributed by atoms with van der Waals surface area (Å²) in [6.07, 6.45) is 0. The van der Waals surface area contributed by atoms with Crippen molar-refractivity contribution in [1.82, 2.24) is 0 Å². The van der Waals surface area contributed by atoms with E-state index in [4.69, 9.17) is 10.5 Å². The molecule has 12 heteroatoms. The van der Waals surface area contributed by atoms with Gasteiger partial charge in [-0.25, -0.2) is 5.26 Å². The molecule has 2 N–H and O–H groups in total. The Morgan fingerprint density at radius 3 is 1.92 bits per heavy atom. The molecule has 0 aliphatic carbocycles. The molecule has 0 unspecified atom stereocenters. The monoisotopic (exact) mass is 186 g/mol. The van der Waals surface area contributed by atoms with Crippen LogP contribution in [-0.2, 0) is 30.0 Å². The summed E-state index contributed by atoms with van der Waals surface area (Å²) >= 11 is 0. The molecule has 0 heterocycles. The second-order valence-corrected chi connectivity index (χ2v) is 0.774. The molecule has 0 atom stereocenters. The zero-order valence-electron chi connectivity index (χ0n) is 5.13. The Hall–Kier alpha value is -1.76. The molecular weight excluding hydrogens is 184 g/mol. The second-order valence-electron chi connectivity index (χ2n) is 0.774. The summed E-state index contributed by atoms with van der Waals surface area (Å²) in [5, 5.41) is 31.1. The van der Waals surface area contributed by atoms with Crippen molar-refractivity contribution in [1.29, 1.82) is 0 Å². The van der Waals surface area contributed by atoms with E-state index in [2.05, 4.69) is 51.1 Å². The summed E-state index contributed by atoms with van der Waals surface area (Å²) in [6, 6.07) is 0. The van der Waals surface area contributed by atoms with Crippen LogP contribution < -0.4 is 0 Å². The van der Waals surface area contributed by atoms with Gasteiger partial charge in [-0.3, -0.25) is 0 Å². The van der Waals surface area contributed by atoms with Crippen LogP contribution >= 0.6 is 0 Å². The van der Waals surface area contributed by atoms with Crippen LogP contribution in [0.4, 0.5) is 0 Å². The Labute approximate surface area is 63.0 Å². The minimum Gasteiger partial charge on any atom is -0.218 e. The van der Waals surface area contributed by atoms with Crippen LogP contribution in [0.25, 0.3) is 0 Å². The van der Waals surface area contributed by atoms with Crippen LogP contribution in [0.15, 0.2) is 21.1 Å².